The molecule has 0 fully saturated rings. The topological polar surface area (TPSA) is 87.6 Å². The lowest BCUT2D eigenvalue weighted by atomic mass is 10.2. The molecule has 0 amide bonds. The van der Waals surface area contributed by atoms with E-state index in [4.69, 9.17) is 11.0 Å². The molecular formula is C9H13N5. The first-order valence-corrected chi connectivity index (χ1v) is 4.49. The second-order valence-corrected chi connectivity index (χ2v) is 2.85. The second-order valence-electron chi connectivity index (χ2n) is 2.85. The molecule has 74 valence electrons. The molecule has 0 bridgehead atoms. The van der Waals surface area contributed by atoms with E-state index in [-0.39, 0.29) is 6.04 Å². The molecule has 5 heteroatoms. The maximum Gasteiger partial charge on any atom is 0.182 e. The van der Waals surface area contributed by atoms with Gasteiger partial charge < -0.3 is 11.1 Å². The number of hydrogen-bond donors (Lipinski definition) is 2. The van der Waals surface area contributed by atoms with E-state index in [0.29, 0.717) is 18.1 Å². The fraction of sp³-hybridized carbons (Fsp3) is 0.444. The van der Waals surface area contributed by atoms with Gasteiger partial charge in [0.15, 0.2) is 11.5 Å². The Morgan fingerprint density at radius 1 is 1.57 bits per heavy atom. The van der Waals surface area contributed by atoms with Crippen LogP contribution in [0.15, 0.2) is 12.4 Å². The Hall–Kier alpha value is -1.67. The molecule has 0 radical (unpaired) electrons. The molecular weight excluding hydrogens is 178 g/mol. The highest BCUT2D eigenvalue weighted by molar-refractivity contribution is 5.47. The molecule has 1 aromatic heterocycles. The van der Waals surface area contributed by atoms with Crippen LogP contribution in [0.4, 0.5) is 5.82 Å². The van der Waals surface area contributed by atoms with E-state index in [2.05, 4.69) is 15.3 Å². The number of nitriles is 1. The van der Waals surface area contributed by atoms with E-state index in [0.717, 1.165) is 6.42 Å². The van der Waals surface area contributed by atoms with Crippen LogP contribution in [0.1, 0.15) is 19.0 Å². The smallest absolute Gasteiger partial charge is 0.182 e. The van der Waals surface area contributed by atoms with Gasteiger partial charge in [-0.2, -0.15) is 5.26 Å². The Balaban J connectivity index is 2.80. The lowest BCUT2D eigenvalue weighted by Gasteiger charge is -2.15. The molecule has 0 aromatic carbocycles. The third kappa shape index (κ3) is 2.41. The molecule has 1 unspecified atom stereocenters. The zero-order chi connectivity index (χ0) is 10.4. The summed E-state index contributed by atoms with van der Waals surface area (Å²) in [6.07, 6.45) is 3.93. The van der Waals surface area contributed by atoms with Gasteiger partial charge in [-0.1, -0.05) is 6.92 Å². The summed E-state index contributed by atoms with van der Waals surface area (Å²) in [6.45, 7) is 2.53. The number of rotatable bonds is 4. The number of anilines is 1. The highest BCUT2D eigenvalue weighted by atomic mass is 15.0. The fourth-order valence-electron chi connectivity index (χ4n) is 1.05. The van der Waals surface area contributed by atoms with Gasteiger partial charge in [0.25, 0.3) is 0 Å². The van der Waals surface area contributed by atoms with E-state index in [1.165, 1.54) is 6.20 Å². The molecule has 0 aliphatic carbocycles. The van der Waals surface area contributed by atoms with Crippen molar-refractivity contribution in [1.82, 2.24) is 9.97 Å². The Bertz CT molecular complexity index is 326. The summed E-state index contributed by atoms with van der Waals surface area (Å²) < 4.78 is 0. The Morgan fingerprint density at radius 3 is 2.86 bits per heavy atom. The number of aromatic nitrogens is 2. The molecule has 1 heterocycles. The average molecular weight is 191 g/mol. The van der Waals surface area contributed by atoms with Gasteiger partial charge in [-0.25, -0.2) is 9.97 Å². The van der Waals surface area contributed by atoms with Crippen molar-refractivity contribution in [3.63, 3.8) is 0 Å². The number of hydrogen-bond acceptors (Lipinski definition) is 5. The van der Waals surface area contributed by atoms with E-state index in [1.54, 1.807) is 6.20 Å². The van der Waals surface area contributed by atoms with Gasteiger partial charge in [-0.05, 0) is 6.42 Å². The van der Waals surface area contributed by atoms with Crippen molar-refractivity contribution < 1.29 is 0 Å². The van der Waals surface area contributed by atoms with Crippen LogP contribution < -0.4 is 11.1 Å². The number of nitrogens with zero attached hydrogens (tertiary/aromatic N) is 3. The third-order valence-corrected chi connectivity index (χ3v) is 1.92. The largest absolute Gasteiger partial charge is 0.364 e. The minimum atomic E-state index is 0.138. The summed E-state index contributed by atoms with van der Waals surface area (Å²) in [5, 5.41) is 11.8. The number of nitrogens with one attached hydrogen (secondary N) is 1. The lowest BCUT2D eigenvalue weighted by Crippen LogP contribution is -2.28. The van der Waals surface area contributed by atoms with Crippen molar-refractivity contribution in [3.8, 4) is 6.07 Å². The summed E-state index contributed by atoms with van der Waals surface area (Å²) in [5.74, 6) is 0.507. The molecule has 0 spiro atoms. The molecule has 5 nitrogen and oxygen atoms in total. The maximum absolute atomic E-state index is 8.75. The molecule has 14 heavy (non-hydrogen) atoms. The zero-order valence-corrected chi connectivity index (χ0v) is 8.07. The number of nitrogens with two attached hydrogens (primary N) is 1. The maximum atomic E-state index is 8.75. The summed E-state index contributed by atoms with van der Waals surface area (Å²) >= 11 is 0. The normalized spacial score (nSPS) is 11.8. The van der Waals surface area contributed by atoms with Gasteiger partial charge in [-0.3, -0.25) is 0 Å². The van der Waals surface area contributed by atoms with Gasteiger partial charge in [0, 0.05) is 25.0 Å². The minimum Gasteiger partial charge on any atom is -0.364 e. The molecule has 0 aliphatic rings. The Labute approximate surface area is 83.0 Å². The van der Waals surface area contributed by atoms with Gasteiger partial charge >= 0.3 is 0 Å². The van der Waals surface area contributed by atoms with Crippen LogP contribution >= 0.6 is 0 Å². The average Bonchev–Trinajstić information content (AvgIpc) is 2.26. The first kappa shape index (κ1) is 10.4. The van der Waals surface area contributed by atoms with Crippen molar-refractivity contribution in [3.05, 3.63) is 18.1 Å². The molecule has 0 saturated heterocycles. The van der Waals surface area contributed by atoms with Gasteiger partial charge in [0.1, 0.15) is 6.07 Å². The van der Waals surface area contributed by atoms with E-state index in [9.17, 15) is 0 Å². The van der Waals surface area contributed by atoms with Crippen LogP contribution in [0.25, 0.3) is 0 Å². The van der Waals surface area contributed by atoms with Crippen molar-refractivity contribution in [2.24, 2.45) is 5.73 Å². The second kappa shape index (κ2) is 5.14. The van der Waals surface area contributed by atoms with Gasteiger partial charge in [0.05, 0.1) is 0 Å². The van der Waals surface area contributed by atoms with Gasteiger partial charge in [0.2, 0.25) is 0 Å². The lowest BCUT2D eigenvalue weighted by molar-refractivity contribution is 0.699. The zero-order valence-electron chi connectivity index (χ0n) is 8.07. The third-order valence-electron chi connectivity index (χ3n) is 1.92. The molecule has 0 saturated carbocycles. The van der Waals surface area contributed by atoms with Crippen LogP contribution in [-0.2, 0) is 0 Å². The van der Waals surface area contributed by atoms with Crippen molar-refractivity contribution >= 4 is 5.82 Å². The van der Waals surface area contributed by atoms with E-state index >= 15 is 0 Å². The van der Waals surface area contributed by atoms with Crippen molar-refractivity contribution in [1.29, 1.82) is 5.26 Å². The molecule has 0 aliphatic heterocycles. The van der Waals surface area contributed by atoms with E-state index in [1.807, 2.05) is 13.0 Å². The molecule has 1 aromatic rings. The Kier molecular flexibility index (Phi) is 3.83. The monoisotopic (exact) mass is 191 g/mol. The fourth-order valence-corrected chi connectivity index (χ4v) is 1.05. The highest BCUT2D eigenvalue weighted by Crippen LogP contribution is 2.08. The van der Waals surface area contributed by atoms with Crippen LogP contribution in [0, 0.1) is 11.3 Å². The van der Waals surface area contributed by atoms with Crippen molar-refractivity contribution in [2.75, 3.05) is 11.9 Å². The van der Waals surface area contributed by atoms with Gasteiger partial charge in [-0.15, -0.1) is 0 Å². The highest BCUT2D eigenvalue weighted by Gasteiger charge is 2.08. The van der Waals surface area contributed by atoms with Crippen LogP contribution in [0.3, 0.4) is 0 Å². The van der Waals surface area contributed by atoms with Crippen LogP contribution in [0.5, 0.6) is 0 Å². The molecule has 1 rings (SSSR count). The van der Waals surface area contributed by atoms with E-state index < -0.39 is 0 Å². The van der Waals surface area contributed by atoms with Crippen LogP contribution in [0.2, 0.25) is 0 Å². The predicted octanol–water partition coefficient (Wildman–Crippen LogP) is 0.497. The standard InChI is InChI=1S/C9H13N5/c1-2-7(5-10)14-9-8(6-11)12-3-4-13-9/h3-4,7H,2,5,10H2,1H3,(H,13,14). The quantitative estimate of drug-likeness (QED) is 0.723. The first-order chi connectivity index (χ1) is 6.81. The SMILES string of the molecule is CCC(CN)Nc1nccnc1C#N. The molecule has 3 N–H and O–H groups in total. The predicted molar refractivity (Wildman–Crippen MR) is 53.5 cm³/mol. The van der Waals surface area contributed by atoms with Crippen LogP contribution in [-0.4, -0.2) is 22.6 Å². The summed E-state index contributed by atoms with van der Waals surface area (Å²) in [4.78, 5) is 7.93. The summed E-state index contributed by atoms with van der Waals surface area (Å²) in [5.41, 5.74) is 5.83. The Morgan fingerprint density at radius 2 is 2.29 bits per heavy atom. The van der Waals surface area contributed by atoms with Crippen molar-refractivity contribution in [2.45, 2.75) is 19.4 Å². The first-order valence-electron chi connectivity index (χ1n) is 4.49. The molecule has 1 atom stereocenters. The summed E-state index contributed by atoms with van der Waals surface area (Å²) in [6, 6.07) is 2.11. The minimum absolute atomic E-state index is 0.138. The summed E-state index contributed by atoms with van der Waals surface area (Å²) in [7, 11) is 0.